The molecule has 0 saturated heterocycles. The number of hydrogen-bond acceptors (Lipinski definition) is 8. The lowest BCUT2D eigenvalue weighted by Gasteiger charge is -2.37. The molecule has 45 heavy (non-hydrogen) atoms. The molecule has 2 unspecified atom stereocenters. The molecule has 2 aromatic carbocycles. The molecule has 0 spiro atoms. The summed E-state index contributed by atoms with van der Waals surface area (Å²) in [4.78, 5) is 3.18. The Bertz CT molecular complexity index is 1110. The van der Waals surface area contributed by atoms with Gasteiger partial charge in [-0.2, -0.15) is 0 Å². The average molecular weight is 734 g/mol. The number of allylic oxidation sites excluding steroid dienone is 1. The summed E-state index contributed by atoms with van der Waals surface area (Å²) in [6.07, 6.45) is 4.57. The second-order valence-electron chi connectivity index (χ2n) is 9.74. The predicted molar refractivity (Wildman–Crippen MR) is 196 cm³/mol. The van der Waals surface area contributed by atoms with Gasteiger partial charge in [-0.25, -0.2) is 0 Å². The summed E-state index contributed by atoms with van der Waals surface area (Å²) in [6.45, 7) is 18.8. The van der Waals surface area contributed by atoms with Crippen LogP contribution in [-0.2, 0) is 26.6 Å². The molecular formula is C33H50Cl2O6S2Si2. The van der Waals surface area contributed by atoms with Gasteiger partial charge in [-0.1, -0.05) is 47.5 Å². The zero-order chi connectivity index (χ0) is 33.1. The Morgan fingerprint density at radius 2 is 1.13 bits per heavy atom. The van der Waals surface area contributed by atoms with Gasteiger partial charge in [-0.05, 0) is 114 Å². The second kappa shape index (κ2) is 22.1. The standard InChI is InChI=1S/C33H50Cl2O6S2Si2/c1-8-29(42-30-22-18-27(34)19-23-30)16-15-17-33(45(39-12-5,40-13-6)41-14-7)32(43-31-24-20-28(35)21-25-31)26-44(36-9-2,37-10-3)38-11-4/h8,18-26,29,33H,1,9-17H2,2-7H3. The summed E-state index contributed by atoms with van der Waals surface area (Å²) < 4.78 is 38.7. The molecule has 2 rings (SSSR count). The molecule has 0 radical (unpaired) electrons. The monoisotopic (exact) mass is 732 g/mol. The van der Waals surface area contributed by atoms with E-state index in [1.54, 1.807) is 23.5 Å². The largest absolute Gasteiger partial charge is 0.530 e. The van der Waals surface area contributed by atoms with Crippen molar-refractivity contribution in [2.75, 3.05) is 39.6 Å². The van der Waals surface area contributed by atoms with E-state index in [-0.39, 0.29) is 10.8 Å². The quantitative estimate of drug-likeness (QED) is 0.0601. The maximum Gasteiger partial charge on any atom is 0.530 e. The highest BCUT2D eigenvalue weighted by Crippen LogP contribution is 2.46. The summed E-state index contributed by atoms with van der Waals surface area (Å²) >= 11 is 15.8. The van der Waals surface area contributed by atoms with E-state index in [0.717, 1.165) is 39.0 Å². The number of benzene rings is 2. The van der Waals surface area contributed by atoms with Crippen molar-refractivity contribution in [3.63, 3.8) is 0 Å². The van der Waals surface area contributed by atoms with Crippen molar-refractivity contribution in [1.82, 2.24) is 0 Å². The molecule has 0 fully saturated rings. The Balaban J connectivity index is 2.63. The molecule has 0 saturated carbocycles. The molecule has 2 atom stereocenters. The first-order valence-corrected chi connectivity index (χ1v) is 21.8. The lowest BCUT2D eigenvalue weighted by molar-refractivity contribution is 0.0636. The van der Waals surface area contributed by atoms with E-state index in [2.05, 4.69) is 12.3 Å². The fourth-order valence-corrected chi connectivity index (χ4v) is 13.7. The van der Waals surface area contributed by atoms with E-state index in [1.165, 1.54) is 0 Å². The summed E-state index contributed by atoms with van der Waals surface area (Å²) in [5.74, 6) is 0. The summed E-state index contributed by atoms with van der Waals surface area (Å²) in [5, 5.41) is 1.62. The maximum absolute atomic E-state index is 6.57. The molecule has 2 aromatic rings. The highest BCUT2D eigenvalue weighted by Gasteiger charge is 2.52. The Labute approximate surface area is 292 Å². The Hall–Kier alpha value is -0.606. The van der Waals surface area contributed by atoms with E-state index < -0.39 is 17.6 Å². The predicted octanol–water partition coefficient (Wildman–Crippen LogP) is 10.5. The van der Waals surface area contributed by atoms with Crippen LogP contribution in [0.25, 0.3) is 0 Å². The summed E-state index contributed by atoms with van der Waals surface area (Å²) in [5.41, 5.74) is 1.90. The van der Waals surface area contributed by atoms with Crippen molar-refractivity contribution in [2.45, 2.75) is 81.4 Å². The van der Waals surface area contributed by atoms with Crippen molar-refractivity contribution in [3.8, 4) is 0 Å². The van der Waals surface area contributed by atoms with Crippen LogP contribution in [0.5, 0.6) is 0 Å². The normalized spacial score (nSPS) is 14.0. The molecule has 6 nitrogen and oxygen atoms in total. The zero-order valence-corrected chi connectivity index (χ0v) is 32.7. The van der Waals surface area contributed by atoms with Crippen LogP contribution < -0.4 is 0 Å². The topological polar surface area (TPSA) is 55.4 Å². The van der Waals surface area contributed by atoms with Gasteiger partial charge < -0.3 is 26.6 Å². The fourth-order valence-electron chi connectivity index (χ4n) is 4.83. The summed E-state index contributed by atoms with van der Waals surface area (Å²) in [7, 11) is -6.53. The fraction of sp³-hybridized carbons (Fsp3) is 0.515. The maximum atomic E-state index is 6.57. The van der Waals surface area contributed by atoms with Gasteiger partial charge in [0.25, 0.3) is 0 Å². The van der Waals surface area contributed by atoms with E-state index in [1.807, 2.05) is 96.1 Å². The molecule has 0 amide bonds. The third-order valence-corrected chi connectivity index (χ3v) is 16.2. The number of rotatable bonds is 24. The highest BCUT2D eigenvalue weighted by atomic mass is 35.5. The van der Waals surface area contributed by atoms with Gasteiger partial charge in [0.2, 0.25) is 0 Å². The van der Waals surface area contributed by atoms with Crippen LogP contribution >= 0.6 is 46.7 Å². The minimum absolute atomic E-state index is 0.197. The lowest BCUT2D eigenvalue weighted by atomic mass is 10.1. The molecule has 252 valence electrons. The van der Waals surface area contributed by atoms with Gasteiger partial charge in [0.05, 0.1) is 5.54 Å². The first-order chi connectivity index (χ1) is 21.7. The molecule has 0 heterocycles. The van der Waals surface area contributed by atoms with Crippen LogP contribution in [0.2, 0.25) is 15.6 Å². The van der Waals surface area contributed by atoms with Crippen molar-refractivity contribution in [2.24, 2.45) is 0 Å². The van der Waals surface area contributed by atoms with Crippen LogP contribution in [0.1, 0.15) is 60.8 Å². The molecular weight excluding hydrogens is 684 g/mol. The molecule has 0 aliphatic carbocycles. The van der Waals surface area contributed by atoms with E-state index in [0.29, 0.717) is 44.7 Å². The van der Waals surface area contributed by atoms with E-state index in [9.17, 15) is 0 Å². The van der Waals surface area contributed by atoms with Gasteiger partial charge in [0, 0.05) is 64.7 Å². The number of hydrogen-bond donors (Lipinski definition) is 0. The van der Waals surface area contributed by atoms with Crippen LogP contribution in [0.3, 0.4) is 0 Å². The Morgan fingerprint density at radius 1 is 0.689 bits per heavy atom. The van der Waals surface area contributed by atoms with Crippen molar-refractivity contribution < 1.29 is 26.6 Å². The molecule has 0 aliphatic heterocycles. The highest BCUT2D eigenvalue weighted by molar-refractivity contribution is 8.03. The minimum Gasteiger partial charge on any atom is -0.373 e. The second-order valence-corrected chi connectivity index (χ2v) is 18.2. The van der Waals surface area contributed by atoms with Gasteiger partial charge in [-0.3, -0.25) is 0 Å². The van der Waals surface area contributed by atoms with Crippen molar-refractivity contribution >= 4 is 64.3 Å². The van der Waals surface area contributed by atoms with E-state index in [4.69, 9.17) is 49.8 Å². The van der Waals surface area contributed by atoms with Crippen LogP contribution in [0, 0.1) is 0 Å². The zero-order valence-electron chi connectivity index (χ0n) is 27.5. The first kappa shape index (κ1) is 40.6. The Kier molecular flexibility index (Phi) is 19.9. The van der Waals surface area contributed by atoms with Crippen molar-refractivity contribution in [3.05, 3.63) is 81.8 Å². The summed E-state index contributed by atoms with van der Waals surface area (Å²) in [6, 6.07) is 15.8. The first-order valence-electron chi connectivity index (χ1n) is 15.8. The van der Waals surface area contributed by atoms with E-state index >= 15 is 0 Å². The van der Waals surface area contributed by atoms with Gasteiger partial charge in [0.15, 0.2) is 0 Å². The van der Waals surface area contributed by atoms with Crippen LogP contribution in [-0.4, -0.2) is 62.5 Å². The average Bonchev–Trinajstić information content (AvgIpc) is 3.01. The molecule has 0 N–H and O–H groups in total. The van der Waals surface area contributed by atoms with Gasteiger partial charge in [-0.15, -0.1) is 18.3 Å². The number of thioether (sulfide) groups is 2. The molecule has 0 bridgehead atoms. The van der Waals surface area contributed by atoms with Gasteiger partial charge >= 0.3 is 17.6 Å². The van der Waals surface area contributed by atoms with Crippen molar-refractivity contribution in [1.29, 1.82) is 0 Å². The third-order valence-electron chi connectivity index (χ3n) is 6.56. The van der Waals surface area contributed by atoms with Gasteiger partial charge in [0.1, 0.15) is 0 Å². The van der Waals surface area contributed by atoms with Crippen LogP contribution in [0.4, 0.5) is 0 Å². The smallest absolute Gasteiger partial charge is 0.373 e. The van der Waals surface area contributed by atoms with Crippen LogP contribution in [0.15, 0.2) is 81.6 Å². The Morgan fingerprint density at radius 3 is 1.56 bits per heavy atom. The minimum atomic E-state index is -3.29. The molecule has 0 aliphatic rings. The molecule has 12 heteroatoms. The third kappa shape index (κ3) is 13.4. The SMILES string of the molecule is C=CC(CCCC(C(=C[Si](OCC)(OCC)OCC)Sc1ccc(Cl)cc1)[Si](OCC)(OCC)OCC)Sc1ccc(Cl)cc1. The lowest BCUT2D eigenvalue weighted by Crippen LogP contribution is -2.52. The molecule has 0 aromatic heterocycles. The number of halogens is 2.